The van der Waals surface area contributed by atoms with Gasteiger partial charge in [0.1, 0.15) is 0 Å². The molecule has 1 aromatic heterocycles. The van der Waals surface area contributed by atoms with E-state index in [0.29, 0.717) is 6.04 Å². The Hall–Kier alpha value is -2.45. The third-order valence-electron chi connectivity index (χ3n) is 5.52. The van der Waals surface area contributed by atoms with Crippen LogP contribution in [0.25, 0.3) is 11.4 Å². The SMILES string of the molecule is Cc1ccc(-c2nnc(SCC(=O)N/N=C\c3ccc(Br)cc3)n2C2CCCCC2)cc1. The maximum Gasteiger partial charge on any atom is 0.250 e. The van der Waals surface area contributed by atoms with E-state index in [2.05, 4.69) is 72.4 Å². The number of hydrazone groups is 1. The summed E-state index contributed by atoms with van der Waals surface area (Å²) in [4.78, 5) is 12.4. The molecule has 0 unspecified atom stereocenters. The fourth-order valence-electron chi connectivity index (χ4n) is 3.83. The van der Waals surface area contributed by atoms with Crippen LogP contribution in [0.15, 0.2) is 63.3 Å². The van der Waals surface area contributed by atoms with Crippen LogP contribution >= 0.6 is 27.7 Å². The van der Waals surface area contributed by atoms with E-state index in [9.17, 15) is 4.79 Å². The second-order valence-electron chi connectivity index (χ2n) is 7.97. The number of amides is 1. The molecule has 0 aliphatic heterocycles. The van der Waals surface area contributed by atoms with Crippen molar-refractivity contribution in [1.29, 1.82) is 0 Å². The molecule has 1 saturated carbocycles. The molecule has 1 aliphatic carbocycles. The van der Waals surface area contributed by atoms with Crippen LogP contribution < -0.4 is 5.43 Å². The zero-order valence-electron chi connectivity index (χ0n) is 18.0. The van der Waals surface area contributed by atoms with Crippen molar-refractivity contribution in [2.24, 2.45) is 5.10 Å². The molecule has 0 bridgehead atoms. The second kappa shape index (κ2) is 10.9. The highest BCUT2D eigenvalue weighted by atomic mass is 79.9. The summed E-state index contributed by atoms with van der Waals surface area (Å²) < 4.78 is 3.24. The maximum absolute atomic E-state index is 12.4. The fourth-order valence-corrected chi connectivity index (χ4v) is 4.90. The number of thioether (sulfide) groups is 1. The van der Waals surface area contributed by atoms with Gasteiger partial charge in [-0.15, -0.1) is 10.2 Å². The van der Waals surface area contributed by atoms with E-state index in [1.54, 1.807) is 6.21 Å². The number of rotatable bonds is 7. The van der Waals surface area contributed by atoms with E-state index >= 15 is 0 Å². The summed E-state index contributed by atoms with van der Waals surface area (Å²) in [5.41, 5.74) is 5.79. The highest BCUT2D eigenvalue weighted by Gasteiger charge is 2.24. The van der Waals surface area contributed by atoms with Crippen molar-refractivity contribution in [2.75, 3.05) is 5.75 Å². The van der Waals surface area contributed by atoms with Crippen LogP contribution in [0.3, 0.4) is 0 Å². The Morgan fingerprint density at radius 1 is 1.12 bits per heavy atom. The lowest BCUT2D eigenvalue weighted by Crippen LogP contribution is -2.20. The fraction of sp³-hybridized carbons (Fsp3) is 0.333. The predicted octanol–water partition coefficient (Wildman–Crippen LogP) is 5.76. The average Bonchev–Trinajstić information content (AvgIpc) is 3.24. The van der Waals surface area contributed by atoms with Gasteiger partial charge in [0.25, 0.3) is 5.91 Å². The van der Waals surface area contributed by atoms with E-state index < -0.39 is 0 Å². The Labute approximate surface area is 201 Å². The first-order chi connectivity index (χ1) is 15.6. The molecule has 0 spiro atoms. The van der Waals surface area contributed by atoms with Crippen molar-refractivity contribution in [3.05, 3.63) is 64.1 Å². The van der Waals surface area contributed by atoms with E-state index in [1.165, 1.54) is 36.6 Å². The molecule has 2 aromatic carbocycles. The molecule has 8 heteroatoms. The van der Waals surface area contributed by atoms with Crippen molar-refractivity contribution in [2.45, 2.75) is 50.2 Å². The molecule has 3 aromatic rings. The Morgan fingerprint density at radius 2 is 1.84 bits per heavy atom. The molecule has 0 radical (unpaired) electrons. The number of hydrogen-bond donors (Lipinski definition) is 1. The summed E-state index contributed by atoms with van der Waals surface area (Å²) in [5, 5.41) is 13.8. The van der Waals surface area contributed by atoms with E-state index in [4.69, 9.17) is 0 Å². The molecule has 1 fully saturated rings. The van der Waals surface area contributed by atoms with E-state index in [-0.39, 0.29) is 11.7 Å². The lowest BCUT2D eigenvalue weighted by atomic mass is 9.95. The standard InChI is InChI=1S/C24H26BrN5OS/c1-17-7-11-19(12-8-17)23-28-29-24(30(23)21-5-3-2-4-6-21)32-16-22(31)27-26-15-18-9-13-20(25)14-10-18/h7-15,21H,2-6,16H2,1H3,(H,27,31)/b26-15-. The zero-order valence-corrected chi connectivity index (χ0v) is 20.4. The summed E-state index contributed by atoms with van der Waals surface area (Å²) in [5.74, 6) is 0.947. The number of benzene rings is 2. The molecule has 0 atom stereocenters. The first-order valence-corrected chi connectivity index (χ1v) is 12.6. The van der Waals surface area contributed by atoms with Crippen LogP contribution in [-0.2, 0) is 4.79 Å². The smallest absolute Gasteiger partial charge is 0.250 e. The highest BCUT2D eigenvalue weighted by Crippen LogP contribution is 2.35. The molecule has 6 nitrogen and oxygen atoms in total. The van der Waals surface area contributed by atoms with Gasteiger partial charge in [-0.3, -0.25) is 9.36 Å². The van der Waals surface area contributed by atoms with Crippen molar-refractivity contribution < 1.29 is 4.79 Å². The number of nitrogens with one attached hydrogen (secondary N) is 1. The molecular formula is C24H26BrN5OS. The summed E-state index contributed by atoms with van der Waals surface area (Å²) in [6.07, 6.45) is 7.58. The van der Waals surface area contributed by atoms with Gasteiger partial charge in [-0.05, 0) is 37.5 Å². The van der Waals surface area contributed by atoms with Crippen LogP contribution in [0.4, 0.5) is 0 Å². The molecule has 4 rings (SSSR count). The molecular weight excluding hydrogens is 486 g/mol. The van der Waals surface area contributed by atoms with Crippen LogP contribution in [0.2, 0.25) is 0 Å². The number of halogens is 1. The quantitative estimate of drug-likeness (QED) is 0.248. The van der Waals surface area contributed by atoms with Gasteiger partial charge in [0.05, 0.1) is 12.0 Å². The van der Waals surface area contributed by atoms with Crippen molar-refractivity contribution >= 4 is 39.8 Å². The summed E-state index contributed by atoms with van der Waals surface area (Å²) >= 11 is 4.82. The van der Waals surface area contributed by atoms with Gasteiger partial charge >= 0.3 is 0 Å². The van der Waals surface area contributed by atoms with Crippen molar-refractivity contribution in [1.82, 2.24) is 20.2 Å². The van der Waals surface area contributed by atoms with E-state index in [1.807, 2.05) is 24.3 Å². The van der Waals surface area contributed by atoms with Crippen LogP contribution in [0.5, 0.6) is 0 Å². The van der Waals surface area contributed by atoms with Crippen LogP contribution in [-0.4, -0.2) is 32.6 Å². The van der Waals surface area contributed by atoms with Gasteiger partial charge in [0.15, 0.2) is 11.0 Å². The molecule has 1 aliphatic rings. The normalized spacial score (nSPS) is 14.7. The van der Waals surface area contributed by atoms with Crippen LogP contribution in [0.1, 0.15) is 49.3 Å². The van der Waals surface area contributed by atoms with Gasteiger partial charge in [-0.1, -0.05) is 88.9 Å². The second-order valence-corrected chi connectivity index (χ2v) is 9.83. The zero-order chi connectivity index (χ0) is 22.3. The molecule has 166 valence electrons. The Kier molecular flexibility index (Phi) is 7.76. The van der Waals surface area contributed by atoms with Gasteiger partial charge in [0.2, 0.25) is 0 Å². The number of hydrogen-bond acceptors (Lipinski definition) is 5. The molecule has 1 heterocycles. The first-order valence-electron chi connectivity index (χ1n) is 10.8. The van der Waals surface area contributed by atoms with Gasteiger partial charge in [-0.2, -0.15) is 5.10 Å². The Bertz CT molecular complexity index is 1070. The summed E-state index contributed by atoms with van der Waals surface area (Å²) in [6.45, 7) is 2.08. The monoisotopic (exact) mass is 511 g/mol. The number of carbonyl (C=O) groups is 1. The van der Waals surface area contributed by atoms with Crippen LogP contribution in [0, 0.1) is 6.92 Å². The number of carbonyl (C=O) groups excluding carboxylic acids is 1. The number of nitrogens with zero attached hydrogens (tertiary/aromatic N) is 4. The number of aryl methyl sites for hydroxylation is 1. The third kappa shape index (κ3) is 5.86. The minimum absolute atomic E-state index is 0.168. The van der Waals surface area contributed by atoms with Gasteiger partial charge in [-0.25, -0.2) is 5.43 Å². The third-order valence-corrected chi connectivity index (χ3v) is 6.99. The molecule has 0 saturated heterocycles. The van der Waals surface area contributed by atoms with Gasteiger partial charge < -0.3 is 0 Å². The maximum atomic E-state index is 12.4. The van der Waals surface area contributed by atoms with Crippen molar-refractivity contribution in [3.63, 3.8) is 0 Å². The highest BCUT2D eigenvalue weighted by molar-refractivity contribution is 9.10. The minimum atomic E-state index is -0.168. The first kappa shape index (κ1) is 22.7. The predicted molar refractivity (Wildman–Crippen MR) is 133 cm³/mol. The molecule has 1 N–H and O–H groups in total. The van der Waals surface area contributed by atoms with E-state index in [0.717, 1.165) is 39.4 Å². The minimum Gasteiger partial charge on any atom is -0.299 e. The van der Waals surface area contributed by atoms with Gasteiger partial charge in [0, 0.05) is 16.1 Å². The topological polar surface area (TPSA) is 72.2 Å². The largest absolute Gasteiger partial charge is 0.299 e. The lowest BCUT2D eigenvalue weighted by Gasteiger charge is -2.25. The lowest BCUT2D eigenvalue weighted by molar-refractivity contribution is -0.118. The Balaban J connectivity index is 1.44. The summed E-state index contributed by atoms with van der Waals surface area (Å²) in [6, 6.07) is 16.5. The molecule has 32 heavy (non-hydrogen) atoms. The average molecular weight is 512 g/mol. The molecule has 1 amide bonds. The Morgan fingerprint density at radius 3 is 2.56 bits per heavy atom. The summed E-state index contributed by atoms with van der Waals surface area (Å²) in [7, 11) is 0. The number of aromatic nitrogens is 3. The van der Waals surface area contributed by atoms with Crippen molar-refractivity contribution in [3.8, 4) is 11.4 Å².